The Labute approximate surface area is 91.2 Å². The van der Waals surface area contributed by atoms with Crippen molar-refractivity contribution in [3.63, 3.8) is 0 Å². The molecule has 2 rings (SSSR count). The highest BCUT2D eigenvalue weighted by Crippen LogP contribution is 2.19. The maximum atomic E-state index is 2.39. The molecule has 0 N–H and O–H groups in total. The standard InChI is InChI=1S/C13H19N2/c1-6-15-11(4)14(5)12-8-7-9(2)10(3)13(12)15/h7-8H,6H2,1-5H3/q+1. The molecule has 2 nitrogen and oxygen atoms in total. The SMILES string of the molecule is CC[n+]1c(C)n(C)c2ccc(C)c(C)c21. The first kappa shape index (κ1) is 10.2. The molecule has 1 aromatic heterocycles. The number of hydrogen-bond acceptors (Lipinski definition) is 0. The second kappa shape index (κ2) is 3.37. The van der Waals surface area contributed by atoms with E-state index in [0.717, 1.165) is 6.54 Å². The molecule has 0 atom stereocenters. The summed E-state index contributed by atoms with van der Waals surface area (Å²) in [7, 11) is 2.14. The summed E-state index contributed by atoms with van der Waals surface area (Å²) >= 11 is 0. The van der Waals surface area contributed by atoms with Gasteiger partial charge in [0.05, 0.1) is 13.6 Å². The zero-order chi connectivity index (χ0) is 11.2. The summed E-state index contributed by atoms with van der Waals surface area (Å²) in [4.78, 5) is 0. The third kappa shape index (κ3) is 1.28. The van der Waals surface area contributed by atoms with Gasteiger partial charge in [-0.2, -0.15) is 0 Å². The zero-order valence-electron chi connectivity index (χ0n) is 10.3. The normalized spacial score (nSPS) is 11.3. The second-order valence-corrected chi connectivity index (χ2v) is 4.23. The monoisotopic (exact) mass is 203 g/mol. The van der Waals surface area contributed by atoms with Crippen LogP contribution < -0.4 is 4.57 Å². The van der Waals surface area contributed by atoms with E-state index in [1.165, 1.54) is 28.0 Å². The third-order valence-corrected chi connectivity index (χ3v) is 3.50. The van der Waals surface area contributed by atoms with Gasteiger partial charge in [0.15, 0.2) is 11.0 Å². The van der Waals surface area contributed by atoms with Crippen LogP contribution in [0.4, 0.5) is 0 Å². The first-order chi connectivity index (χ1) is 7.07. The lowest BCUT2D eigenvalue weighted by Crippen LogP contribution is -2.35. The lowest BCUT2D eigenvalue weighted by molar-refractivity contribution is -0.675. The Kier molecular flexibility index (Phi) is 2.29. The zero-order valence-corrected chi connectivity index (χ0v) is 10.3. The van der Waals surface area contributed by atoms with Crippen molar-refractivity contribution < 1.29 is 4.57 Å². The summed E-state index contributed by atoms with van der Waals surface area (Å²) in [5.74, 6) is 1.32. The molecule has 0 spiro atoms. The van der Waals surface area contributed by atoms with Crippen LogP contribution in [0, 0.1) is 20.8 Å². The molecule has 2 heteroatoms. The van der Waals surface area contributed by atoms with Crippen molar-refractivity contribution in [3.05, 3.63) is 29.1 Å². The molecule has 0 saturated heterocycles. The quantitative estimate of drug-likeness (QED) is 0.629. The minimum atomic E-state index is 1.04. The molecule has 0 amide bonds. The molecule has 0 aliphatic carbocycles. The van der Waals surface area contributed by atoms with Gasteiger partial charge in [0.2, 0.25) is 0 Å². The van der Waals surface area contributed by atoms with Crippen LogP contribution in [0.5, 0.6) is 0 Å². The molecule has 0 aliphatic heterocycles. The van der Waals surface area contributed by atoms with Gasteiger partial charge in [-0.05, 0) is 32.4 Å². The van der Waals surface area contributed by atoms with Crippen LogP contribution in [0.2, 0.25) is 0 Å². The van der Waals surface area contributed by atoms with Gasteiger partial charge in [-0.3, -0.25) is 0 Å². The first-order valence-electron chi connectivity index (χ1n) is 5.53. The van der Waals surface area contributed by atoms with E-state index in [2.05, 4.69) is 56.0 Å². The van der Waals surface area contributed by atoms with Crippen molar-refractivity contribution in [2.45, 2.75) is 34.2 Å². The van der Waals surface area contributed by atoms with Crippen molar-refractivity contribution in [2.75, 3.05) is 0 Å². The van der Waals surface area contributed by atoms with Crippen LogP contribution in [0.3, 0.4) is 0 Å². The predicted octanol–water partition coefficient (Wildman–Crippen LogP) is 2.41. The molecule has 1 heterocycles. The van der Waals surface area contributed by atoms with Crippen LogP contribution in [-0.4, -0.2) is 4.57 Å². The van der Waals surface area contributed by atoms with E-state index in [9.17, 15) is 0 Å². The number of imidazole rings is 1. The third-order valence-electron chi connectivity index (χ3n) is 3.50. The maximum absolute atomic E-state index is 2.39. The van der Waals surface area contributed by atoms with Crippen LogP contribution >= 0.6 is 0 Å². The Morgan fingerprint density at radius 2 is 1.87 bits per heavy atom. The van der Waals surface area contributed by atoms with Gasteiger partial charge in [0.1, 0.15) is 0 Å². The van der Waals surface area contributed by atoms with Gasteiger partial charge < -0.3 is 0 Å². The summed E-state index contributed by atoms with van der Waals surface area (Å²) < 4.78 is 4.66. The Balaban J connectivity index is 2.98. The first-order valence-corrected chi connectivity index (χ1v) is 5.53. The van der Waals surface area contributed by atoms with Gasteiger partial charge in [-0.25, -0.2) is 9.13 Å². The highest BCUT2D eigenvalue weighted by atomic mass is 15.1. The number of fused-ring (bicyclic) bond motifs is 1. The van der Waals surface area contributed by atoms with Crippen molar-refractivity contribution in [3.8, 4) is 0 Å². The number of rotatable bonds is 1. The minimum absolute atomic E-state index is 1.04. The Hall–Kier alpha value is -1.31. The fourth-order valence-electron chi connectivity index (χ4n) is 2.30. The molecule has 0 fully saturated rings. The summed E-state index contributed by atoms with van der Waals surface area (Å²) in [6.45, 7) is 9.81. The van der Waals surface area contributed by atoms with Crippen molar-refractivity contribution in [2.24, 2.45) is 7.05 Å². The van der Waals surface area contributed by atoms with E-state index in [4.69, 9.17) is 0 Å². The smallest absolute Gasteiger partial charge is 0.230 e. The van der Waals surface area contributed by atoms with Crippen molar-refractivity contribution in [1.82, 2.24) is 4.57 Å². The average Bonchev–Trinajstić information content (AvgIpc) is 2.47. The Bertz CT molecular complexity index is 521. The van der Waals surface area contributed by atoms with Gasteiger partial charge in [0, 0.05) is 12.5 Å². The summed E-state index contributed by atoms with van der Waals surface area (Å²) in [5, 5.41) is 0. The van der Waals surface area contributed by atoms with Crippen LogP contribution in [-0.2, 0) is 13.6 Å². The van der Waals surface area contributed by atoms with Crippen molar-refractivity contribution >= 4 is 11.0 Å². The fourth-order valence-corrected chi connectivity index (χ4v) is 2.30. The summed E-state index contributed by atoms with van der Waals surface area (Å²) in [6, 6.07) is 4.42. The van der Waals surface area contributed by atoms with E-state index in [-0.39, 0.29) is 0 Å². The summed E-state index contributed by atoms with van der Waals surface area (Å²) in [6.07, 6.45) is 0. The van der Waals surface area contributed by atoms with E-state index in [1.807, 2.05) is 0 Å². The van der Waals surface area contributed by atoms with Gasteiger partial charge in [-0.15, -0.1) is 0 Å². The number of nitrogens with zero attached hydrogens (tertiary/aromatic N) is 2. The lowest BCUT2D eigenvalue weighted by Gasteiger charge is -2.00. The number of benzene rings is 1. The molecular weight excluding hydrogens is 184 g/mol. The highest BCUT2D eigenvalue weighted by Gasteiger charge is 2.19. The number of aryl methyl sites for hydroxylation is 4. The molecule has 0 aliphatic rings. The van der Waals surface area contributed by atoms with E-state index < -0.39 is 0 Å². The fraction of sp³-hybridized carbons (Fsp3) is 0.462. The molecule has 0 saturated carbocycles. The van der Waals surface area contributed by atoms with E-state index >= 15 is 0 Å². The van der Waals surface area contributed by atoms with Gasteiger partial charge in [-0.1, -0.05) is 6.07 Å². The largest absolute Gasteiger partial charge is 0.253 e. The minimum Gasteiger partial charge on any atom is -0.230 e. The molecule has 0 bridgehead atoms. The van der Waals surface area contributed by atoms with Crippen LogP contribution in [0.15, 0.2) is 12.1 Å². The van der Waals surface area contributed by atoms with Gasteiger partial charge in [0.25, 0.3) is 5.82 Å². The molecule has 1 aromatic carbocycles. The van der Waals surface area contributed by atoms with Crippen LogP contribution in [0.1, 0.15) is 23.9 Å². The topological polar surface area (TPSA) is 8.81 Å². The molecule has 0 unspecified atom stereocenters. The van der Waals surface area contributed by atoms with Crippen molar-refractivity contribution in [1.29, 1.82) is 0 Å². The van der Waals surface area contributed by atoms with E-state index in [0.29, 0.717) is 0 Å². The molecule has 0 radical (unpaired) electrons. The highest BCUT2D eigenvalue weighted by molar-refractivity contribution is 5.77. The summed E-state index contributed by atoms with van der Waals surface area (Å²) in [5.41, 5.74) is 5.49. The second-order valence-electron chi connectivity index (χ2n) is 4.23. The van der Waals surface area contributed by atoms with Gasteiger partial charge >= 0.3 is 0 Å². The van der Waals surface area contributed by atoms with E-state index in [1.54, 1.807) is 0 Å². The predicted molar refractivity (Wildman–Crippen MR) is 63.0 cm³/mol. The Morgan fingerprint density at radius 3 is 2.47 bits per heavy atom. The molecule has 2 aromatic rings. The number of hydrogen-bond donors (Lipinski definition) is 0. The Morgan fingerprint density at radius 1 is 1.20 bits per heavy atom. The maximum Gasteiger partial charge on any atom is 0.253 e. The average molecular weight is 203 g/mol. The number of aromatic nitrogens is 2. The van der Waals surface area contributed by atoms with Crippen LogP contribution in [0.25, 0.3) is 11.0 Å². The molecule has 15 heavy (non-hydrogen) atoms. The lowest BCUT2D eigenvalue weighted by atomic mass is 10.1. The molecule has 80 valence electrons. The molecular formula is C13H19N2+.